The number of hydrogen-bond acceptors (Lipinski definition) is 2. The van der Waals surface area contributed by atoms with Crippen LogP contribution in [0.25, 0.3) is 0 Å². The zero-order chi connectivity index (χ0) is 19.0. The van der Waals surface area contributed by atoms with Gasteiger partial charge < -0.3 is 15.2 Å². The average Bonchev–Trinajstić information content (AvgIpc) is 2.55. The second-order valence-electron chi connectivity index (χ2n) is 7.92. The van der Waals surface area contributed by atoms with E-state index in [-0.39, 0.29) is 12.1 Å². The smallest absolute Gasteiger partial charge is 0.224 e. The van der Waals surface area contributed by atoms with Gasteiger partial charge in [-0.1, -0.05) is 90.9 Å². The van der Waals surface area contributed by atoms with Crippen molar-refractivity contribution in [2.45, 2.75) is 116 Å². The first-order valence-corrected chi connectivity index (χ1v) is 10.8. The summed E-state index contributed by atoms with van der Waals surface area (Å²) in [5, 5.41) is 14.8. The molecule has 0 saturated heterocycles. The molecule has 1 unspecified atom stereocenters. The number of nitrogens with one attached hydrogen (secondary N) is 1. The Labute approximate surface area is 156 Å². The molecule has 0 aliphatic heterocycles. The van der Waals surface area contributed by atoms with E-state index in [1.165, 1.54) is 70.6 Å². The largest absolute Gasteiger partial charge is 0.632 e. The van der Waals surface area contributed by atoms with Crippen molar-refractivity contribution in [2.75, 3.05) is 14.1 Å². The molecule has 1 amide bonds. The van der Waals surface area contributed by atoms with Crippen LogP contribution in [-0.2, 0) is 4.79 Å². The Morgan fingerprint density at radius 2 is 1.20 bits per heavy atom. The summed E-state index contributed by atoms with van der Waals surface area (Å²) in [5.41, 5.74) is 0. The molecule has 0 bridgehead atoms. The molecule has 0 aliphatic carbocycles. The minimum absolute atomic E-state index is 0.0250. The van der Waals surface area contributed by atoms with Crippen molar-refractivity contribution < 1.29 is 9.44 Å². The number of amides is 1. The van der Waals surface area contributed by atoms with Gasteiger partial charge in [0.1, 0.15) is 0 Å². The maximum atomic E-state index is 11.9. The lowest BCUT2D eigenvalue weighted by Crippen LogP contribution is -2.53. The van der Waals surface area contributed by atoms with E-state index in [1.807, 2.05) is 6.92 Å². The molecular weight excluding hydrogens is 312 g/mol. The number of hydroxylamine groups is 3. The van der Waals surface area contributed by atoms with Gasteiger partial charge >= 0.3 is 0 Å². The van der Waals surface area contributed by atoms with Crippen molar-refractivity contribution in [3.05, 3.63) is 5.21 Å². The van der Waals surface area contributed by atoms with Gasteiger partial charge in [0.05, 0.1) is 14.1 Å². The molecule has 0 radical (unpaired) electrons. The second-order valence-corrected chi connectivity index (χ2v) is 7.92. The number of carbonyl (C=O) groups is 1. The molecule has 4 heteroatoms. The third-order valence-electron chi connectivity index (χ3n) is 4.97. The highest BCUT2D eigenvalue weighted by Gasteiger charge is 2.19. The summed E-state index contributed by atoms with van der Waals surface area (Å²) in [6.45, 7) is 4.20. The van der Waals surface area contributed by atoms with Crippen molar-refractivity contribution in [1.29, 1.82) is 0 Å². The van der Waals surface area contributed by atoms with E-state index >= 15 is 0 Å². The fourth-order valence-electron chi connectivity index (χ4n) is 3.26. The molecule has 0 fully saturated rings. The van der Waals surface area contributed by atoms with Crippen LogP contribution in [0.5, 0.6) is 0 Å². The van der Waals surface area contributed by atoms with E-state index in [9.17, 15) is 10.0 Å². The maximum Gasteiger partial charge on any atom is 0.224 e. The fourth-order valence-corrected chi connectivity index (χ4v) is 3.26. The number of carbonyl (C=O) groups excluding carboxylic acids is 1. The van der Waals surface area contributed by atoms with Gasteiger partial charge in [-0.2, -0.15) is 0 Å². The minimum atomic E-state index is -0.457. The summed E-state index contributed by atoms with van der Waals surface area (Å²) in [6.07, 6.45) is 17.9. The van der Waals surface area contributed by atoms with Crippen LogP contribution in [0.1, 0.15) is 110 Å². The topological polar surface area (TPSA) is 52.2 Å². The molecule has 4 nitrogen and oxygen atoms in total. The van der Waals surface area contributed by atoms with E-state index in [0.717, 1.165) is 12.8 Å². The fraction of sp³-hybridized carbons (Fsp3) is 0.952. The van der Waals surface area contributed by atoms with Crippen LogP contribution in [0, 0.1) is 5.21 Å². The van der Waals surface area contributed by atoms with Crippen molar-refractivity contribution in [3.63, 3.8) is 0 Å². The zero-order valence-corrected chi connectivity index (χ0v) is 17.4. The highest BCUT2D eigenvalue weighted by molar-refractivity contribution is 5.75. The number of nitrogens with zero attached hydrogens (tertiary/aromatic N) is 1. The molecule has 0 rings (SSSR count). The van der Waals surface area contributed by atoms with Gasteiger partial charge in [-0.05, 0) is 6.42 Å². The highest BCUT2D eigenvalue weighted by atomic mass is 16.5. The molecule has 0 aromatic rings. The maximum absolute atomic E-state index is 11.9. The van der Waals surface area contributed by atoms with Crippen LogP contribution >= 0.6 is 0 Å². The third-order valence-corrected chi connectivity index (χ3v) is 4.97. The van der Waals surface area contributed by atoms with Gasteiger partial charge in [0.15, 0.2) is 6.17 Å². The molecule has 25 heavy (non-hydrogen) atoms. The van der Waals surface area contributed by atoms with Crippen molar-refractivity contribution >= 4 is 5.91 Å². The van der Waals surface area contributed by atoms with Gasteiger partial charge in [-0.3, -0.25) is 4.79 Å². The predicted octanol–water partition coefficient (Wildman–Crippen LogP) is 5.89. The Morgan fingerprint density at radius 1 is 0.800 bits per heavy atom. The molecule has 0 aliphatic rings. The molecule has 0 spiro atoms. The molecule has 0 aromatic carbocycles. The number of quaternary nitrogens is 1. The van der Waals surface area contributed by atoms with Gasteiger partial charge in [-0.25, -0.2) is 0 Å². The highest BCUT2D eigenvalue weighted by Crippen LogP contribution is 2.13. The Morgan fingerprint density at radius 3 is 1.56 bits per heavy atom. The summed E-state index contributed by atoms with van der Waals surface area (Å²) < 4.78 is -0.457. The molecule has 0 saturated carbocycles. The predicted molar refractivity (Wildman–Crippen MR) is 108 cm³/mol. The summed E-state index contributed by atoms with van der Waals surface area (Å²) in [5.74, 6) is 0.0250. The standard InChI is InChI=1S/C21H44N2O2/c1-5-7-8-9-10-11-12-13-14-15-16-17-18-19-21(24)22-20(6-2)23(3,4)25/h20H,5-19H2,1-4H3,(H,22,24). The zero-order valence-electron chi connectivity index (χ0n) is 17.4. The summed E-state index contributed by atoms with van der Waals surface area (Å²) in [4.78, 5) is 11.9. The Hall–Kier alpha value is -0.610. The minimum Gasteiger partial charge on any atom is -0.632 e. The Kier molecular flexibility index (Phi) is 15.2. The Balaban J connectivity index is 3.39. The van der Waals surface area contributed by atoms with E-state index in [1.54, 1.807) is 14.1 Å². The van der Waals surface area contributed by atoms with E-state index in [4.69, 9.17) is 0 Å². The van der Waals surface area contributed by atoms with Gasteiger partial charge in [-0.15, -0.1) is 0 Å². The lowest BCUT2D eigenvalue weighted by molar-refractivity contribution is -0.869. The normalized spacial score (nSPS) is 13.0. The first kappa shape index (κ1) is 24.4. The third kappa shape index (κ3) is 15.4. The van der Waals surface area contributed by atoms with Crippen molar-refractivity contribution in [1.82, 2.24) is 5.32 Å². The average molecular weight is 357 g/mol. The quantitative estimate of drug-likeness (QED) is 0.153. The van der Waals surface area contributed by atoms with Crippen LogP contribution in [0.3, 0.4) is 0 Å². The van der Waals surface area contributed by atoms with Crippen LogP contribution in [0.4, 0.5) is 0 Å². The number of rotatable bonds is 17. The van der Waals surface area contributed by atoms with Crippen LogP contribution in [0.15, 0.2) is 0 Å². The van der Waals surface area contributed by atoms with E-state index in [2.05, 4.69) is 12.2 Å². The number of hydrogen-bond donors (Lipinski definition) is 1. The molecule has 1 N–H and O–H groups in total. The summed E-state index contributed by atoms with van der Waals surface area (Å²) in [6, 6.07) is 0. The molecule has 0 aromatic heterocycles. The molecular formula is C21H44N2O2. The number of unbranched alkanes of at least 4 members (excludes halogenated alkanes) is 12. The first-order chi connectivity index (χ1) is 11.9. The molecule has 0 heterocycles. The lowest BCUT2D eigenvalue weighted by atomic mass is 10.0. The van der Waals surface area contributed by atoms with Crippen LogP contribution in [-0.4, -0.2) is 30.8 Å². The van der Waals surface area contributed by atoms with Gasteiger partial charge in [0, 0.05) is 12.8 Å². The van der Waals surface area contributed by atoms with E-state index in [0.29, 0.717) is 12.8 Å². The monoisotopic (exact) mass is 356 g/mol. The van der Waals surface area contributed by atoms with Crippen molar-refractivity contribution in [3.8, 4) is 0 Å². The molecule has 1 atom stereocenters. The Bertz CT molecular complexity index is 314. The summed E-state index contributed by atoms with van der Waals surface area (Å²) in [7, 11) is 3.17. The lowest BCUT2D eigenvalue weighted by Gasteiger charge is -2.41. The van der Waals surface area contributed by atoms with Crippen LogP contribution < -0.4 is 5.32 Å². The first-order valence-electron chi connectivity index (χ1n) is 10.8. The van der Waals surface area contributed by atoms with Gasteiger partial charge in [0.2, 0.25) is 5.91 Å². The van der Waals surface area contributed by atoms with Crippen LogP contribution in [0.2, 0.25) is 0 Å². The van der Waals surface area contributed by atoms with Crippen molar-refractivity contribution in [2.24, 2.45) is 0 Å². The molecule has 150 valence electrons. The van der Waals surface area contributed by atoms with Gasteiger partial charge in [0.25, 0.3) is 0 Å². The SMILES string of the molecule is CCCCCCCCCCCCCCCC(=O)NC(CC)[N+](C)(C)[O-]. The van der Waals surface area contributed by atoms with E-state index < -0.39 is 4.65 Å². The second kappa shape index (κ2) is 15.6. The summed E-state index contributed by atoms with van der Waals surface area (Å²) >= 11 is 0.